The van der Waals surface area contributed by atoms with Crippen molar-refractivity contribution >= 4 is 46.6 Å². The molecule has 1 aliphatic rings. The van der Waals surface area contributed by atoms with Gasteiger partial charge in [0.15, 0.2) is 4.80 Å². The van der Waals surface area contributed by atoms with Crippen molar-refractivity contribution in [2.24, 2.45) is 4.99 Å². The number of halogens is 2. The molecule has 8 nitrogen and oxygen atoms in total. The molecule has 0 amide bonds. The minimum Gasteiger partial charge on any atom is -0.496 e. The number of carbonyl (C=O) groups is 1. The number of hydrogen-bond donors (Lipinski definition) is 0. The minimum atomic E-state index is -0.815. The number of allylic oxidation sites excluding steroid dienone is 1. The Hall–Kier alpha value is -3.63. The Balaban J connectivity index is 1.63. The highest BCUT2D eigenvalue weighted by Gasteiger charge is 2.35. The first kappa shape index (κ1) is 27.9. The number of fused-ring (bicyclic) bond motifs is 1. The Morgan fingerprint density at radius 3 is 2.67 bits per heavy atom. The molecule has 0 saturated heterocycles. The third kappa shape index (κ3) is 5.38. The molecule has 4 aromatic rings. The summed E-state index contributed by atoms with van der Waals surface area (Å²) in [7, 11) is 3.06. The third-order valence-electron chi connectivity index (χ3n) is 6.29. The van der Waals surface area contributed by atoms with Gasteiger partial charge in [0.2, 0.25) is 0 Å². The van der Waals surface area contributed by atoms with Gasteiger partial charge in [-0.05, 0) is 43.3 Å². The molecule has 5 rings (SSSR count). The average Bonchev–Trinajstić information content (AvgIpc) is 3.52. The zero-order valence-electron chi connectivity index (χ0n) is 21.8. The number of carbonyl (C=O) groups excluding carboxylic acids is 1. The van der Waals surface area contributed by atoms with Crippen LogP contribution >= 0.6 is 34.5 Å². The van der Waals surface area contributed by atoms with Crippen LogP contribution in [0.1, 0.15) is 24.3 Å². The summed E-state index contributed by atoms with van der Waals surface area (Å²) in [5.41, 5.74) is 1.66. The van der Waals surface area contributed by atoms with E-state index in [0.29, 0.717) is 53.5 Å². The lowest BCUT2D eigenvalue weighted by atomic mass is 9.95. The summed E-state index contributed by atoms with van der Waals surface area (Å²) in [5.74, 6) is 0.924. The van der Waals surface area contributed by atoms with E-state index in [4.69, 9.17) is 41.8 Å². The van der Waals surface area contributed by atoms with Crippen LogP contribution in [0.2, 0.25) is 10.0 Å². The van der Waals surface area contributed by atoms with Crippen LogP contribution in [0, 0.1) is 0 Å². The van der Waals surface area contributed by atoms with Crippen molar-refractivity contribution in [3.8, 4) is 17.1 Å². The molecule has 1 unspecified atom stereocenters. The van der Waals surface area contributed by atoms with Gasteiger partial charge in [-0.25, -0.2) is 9.79 Å². The number of thiazole rings is 1. The summed E-state index contributed by atoms with van der Waals surface area (Å²) in [6, 6.07) is 15.1. The Bertz CT molecular complexity index is 1800. The topological polar surface area (TPSA) is 92.3 Å². The van der Waals surface area contributed by atoms with Crippen molar-refractivity contribution in [1.82, 2.24) is 4.57 Å². The molecule has 206 valence electrons. The van der Waals surface area contributed by atoms with Crippen LogP contribution in [0.4, 0.5) is 0 Å². The number of aromatic nitrogens is 1. The fourth-order valence-electron chi connectivity index (χ4n) is 4.46. The van der Waals surface area contributed by atoms with E-state index in [1.54, 1.807) is 49.4 Å². The normalized spacial score (nSPS) is 15.1. The maximum Gasteiger partial charge on any atom is 0.338 e. The molecule has 2 aromatic carbocycles. The van der Waals surface area contributed by atoms with E-state index in [1.165, 1.54) is 30.1 Å². The van der Waals surface area contributed by atoms with Crippen molar-refractivity contribution in [2.75, 3.05) is 27.4 Å². The van der Waals surface area contributed by atoms with Crippen molar-refractivity contribution in [2.45, 2.75) is 13.0 Å². The Kier molecular flexibility index (Phi) is 8.27. The van der Waals surface area contributed by atoms with E-state index >= 15 is 0 Å². The number of benzene rings is 2. The summed E-state index contributed by atoms with van der Waals surface area (Å²) in [6.45, 7) is 2.03. The highest BCUT2D eigenvalue weighted by molar-refractivity contribution is 7.07. The lowest BCUT2D eigenvalue weighted by Crippen LogP contribution is -2.40. The largest absolute Gasteiger partial charge is 0.496 e. The monoisotopic (exact) mass is 598 g/mol. The number of esters is 1. The van der Waals surface area contributed by atoms with Gasteiger partial charge in [-0.15, -0.1) is 0 Å². The van der Waals surface area contributed by atoms with E-state index < -0.39 is 12.0 Å². The number of para-hydroxylation sites is 1. The predicted molar refractivity (Wildman–Crippen MR) is 154 cm³/mol. The van der Waals surface area contributed by atoms with Crippen molar-refractivity contribution in [1.29, 1.82) is 0 Å². The quantitative estimate of drug-likeness (QED) is 0.209. The predicted octanol–water partition coefficient (Wildman–Crippen LogP) is 5.00. The fourth-order valence-corrected chi connectivity index (χ4v) is 5.99. The molecule has 0 radical (unpaired) electrons. The Morgan fingerprint density at radius 1 is 1.12 bits per heavy atom. The third-order valence-corrected chi connectivity index (χ3v) is 7.82. The SMILES string of the molecule is COCCOC(=O)C1=C(C)N=c2sc(=Cc3ccc(-c4ccc(Cl)cc4Cl)o3)c(=O)n2C1c1ccccc1OC. The number of rotatable bonds is 8. The van der Waals surface area contributed by atoms with Gasteiger partial charge < -0.3 is 18.6 Å². The summed E-state index contributed by atoms with van der Waals surface area (Å²) in [6.07, 6.45) is 1.65. The van der Waals surface area contributed by atoms with Crippen LogP contribution in [-0.2, 0) is 14.3 Å². The first-order chi connectivity index (χ1) is 19.3. The van der Waals surface area contributed by atoms with Crippen LogP contribution in [-0.4, -0.2) is 38.0 Å². The van der Waals surface area contributed by atoms with Gasteiger partial charge in [0.25, 0.3) is 5.56 Å². The van der Waals surface area contributed by atoms with E-state index in [-0.39, 0.29) is 24.3 Å². The highest BCUT2D eigenvalue weighted by atomic mass is 35.5. The molecule has 0 bridgehead atoms. The number of methoxy groups -OCH3 is 2. The molecular formula is C29H24Cl2N2O6S. The summed E-state index contributed by atoms with van der Waals surface area (Å²) in [4.78, 5) is 32.2. The summed E-state index contributed by atoms with van der Waals surface area (Å²) >= 11 is 13.6. The van der Waals surface area contributed by atoms with Crippen LogP contribution in [0.5, 0.6) is 5.75 Å². The highest BCUT2D eigenvalue weighted by Crippen LogP contribution is 2.36. The van der Waals surface area contributed by atoms with Crippen molar-refractivity contribution in [3.63, 3.8) is 0 Å². The van der Waals surface area contributed by atoms with Gasteiger partial charge >= 0.3 is 5.97 Å². The number of hydrogen-bond acceptors (Lipinski definition) is 8. The molecule has 1 aliphatic heterocycles. The first-order valence-corrected chi connectivity index (χ1v) is 13.8. The molecule has 3 heterocycles. The molecule has 0 aliphatic carbocycles. The van der Waals surface area contributed by atoms with Gasteiger partial charge in [-0.2, -0.15) is 0 Å². The molecule has 0 saturated carbocycles. The molecular weight excluding hydrogens is 575 g/mol. The molecule has 40 heavy (non-hydrogen) atoms. The first-order valence-electron chi connectivity index (χ1n) is 12.2. The van der Waals surface area contributed by atoms with Gasteiger partial charge in [0.1, 0.15) is 29.9 Å². The van der Waals surface area contributed by atoms with Gasteiger partial charge in [-0.3, -0.25) is 9.36 Å². The minimum absolute atomic E-state index is 0.0631. The lowest BCUT2D eigenvalue weighted by Gasteiger charge is -2.26. The van der Waals surface area contributed by atoms with Crippen molar-refractivity contribution in [3.05, 3.63) is 107 Å². The zero-order chi connectivity index (χ0) is 28.4. The van der Waals surface area contributed by atoms with E-state index in [2.05, 4.69) is 4.99 Å². The Labute approximate surface area is 243 Å². The van der Waals surface area contributed by atoms with Crippen LogP contribution < -0.4 is 19.6 Å². The standard InChI is InChI=1S/C29H24Cl2N2O6S/c1-16-25(28(35)38-13-12-36-2)26(20-6-4-5-7-22(20)37-3)33-27(34)24(40-29(33)32-16)15-18-9-11-23(39-18)19-10-8-17(30)14-21(19)31/h4-11,14-15,26H,12-13H2,1-3H3. The van der Waals surface area contributed by atoms with E-state index in [1.807, 2.05) is 18.2 Å². The molecule has 0 spiro atoms. The summed E-state index contributed by atoms with van der Waals surface area (Å²) < 4.78 is 23.9. The van der Waals surface area contributed by atoms with Crippen LogP contribution in [0.25, 0.3) is 17.4 Å². The van der Waals surface area contributed by atoms with Crippen LogP contribution in [0.15, 0.2) is 80.1 Å². The number of ether oxygens (including phenoxy) is 3. The summed E-state index contributed by atoms with van der Waals surface area (Å²) in [5, 5.41) is 0.966. The zero-order valence-corrected chi connectivity index (χ0v) is 24.1. The molecule has 0 N–H and O–H groups in total. The fraction of sp³-hybridized carbons (Fsp3) is 0.207. The van der Waals surface area contributed by atoms with Gasteiger partial charge in [0.05, 0.1) is 34.5 Å². The molecule has 0 fully saturated rings. The van der Waals surface area contributed by atoms with E-state index in [9.17, 15) is 9.59 Å². The second kappa shape index (κ2) is 11.9. The van der Waals surface area contributed by atoms with E-state index in [0.717, 1.165) is 0 Å². The van der Waals surface area contributed by atoms with Gasteiger partial charge in [-0.1, -0.05) is 52.7 Å². The molecule has 1 atom stereocenters. The number of furan rings is 1. The smallest absolute Gasteiger partial charge is 0.338 e. The maximum absolute atomic E-state index is 13.9. The molecule has 2 aromatic heterocycles. The Morgan fingerprint density at radius 2 is 1.93 bits per heavy atom. The molecule has 11 heteroatoms. The maximum atomic E-state index is 13.9. The van der Waals surface area contributed by atoms with Crippen LogP contribution in [0.3, 0.4) is 0 Å². The second-order valence-electron chi connectivity index (χ2n) is 8.78. The average molecular weight is 599 g/mol. The van der Waals surface area contributed by atoms with Gasteiger partial charge in [0, 0.05) is 29.3 Å². The van der Waals surface area contributed by atoms with Crippen molar-refractivity contribution < 1.29 is 23.4 Å². The second-order valence-corrected chi connectivity index (χ2v) is 10.6. The lowest BCUT2D eigenvalue weighted by molar-refractivity contribution is -0.140. The number of nitrogens with zero attached hydrogens (tertiary/aromatic N) is 2.